The number of piperidine rings is 1. The molecule has 1 aliphatic rings. The van der Waals surface area contributed by atoms with Crippen LogP contribution in [-0.4, -0.2) is 43.5 Å². The smallest absolute Gasteiger partial charge is 0.246 e. The van der Waals surface area contributed by atoms with Crippen molar-refractivity contribution < 1.29 is 4.79 Å². The van der Waals surface area contributed by atoms with Crippen molar-refractivity contribution in [3.63, 3.8) is 0 Å². The van der Waals surface area contributed by atoms with Crippen LogP contribution in [0.5, 0.6) is 0 Å². The molecule has 1 amide bonds. The zero-order chi connectivity index (χ0) is 22.6. The van der Waals surface area contributed by atoms with E-state index in [1.165, 1.54) is 18.4 Å². The number of hydrogen-bond acceptors (Lipinski definition) is 4. The molecule has 0 bridgehead atoms. The molecule has 2 aromatic carbocycles. The Morgan fingerprint density at radius 2 is 1.88 bits per heavy atom. The number of rotatable bonds is 7. The van der Waals surface area contributed by atoms with Gasteiger partial charge in [-0.25, -0.2) is 4.68 Å². The standard InChI is InChI=1S/C26H30N6O/c1-20-9-12-30(13-10-20)17-24-18-32(29-28-24)19-26(33)27-23-7-8-25-22(15-23)11-14-31(25)16-21-5-3-2-4-6-21/h2-8,11,14-15,18,20H,9-10,12-13,16-17,19H2,1H3,(H,27,33). The maximum absolute atomic E-state index is 12.6. The molecule has 1 fully saturated rings. The fourth-order valence-electron chi connectivity index (χ4n) is 4.48. The minimum absolute atomic E-state index is 0.110. The van der Waals surface area contributed by atoms with Crippen LogP contribution in [0.2, 0.25) is 0 Å². The number of likely N-dealkylation sites (tertiary alicyclic amines) is 1. The Kier molecular flexibility index (Phi) is 6.21. The summed E-state index contributed by atoms with van der Waals surface area (Å²) < 4.78 is 3.84. The van der Waals surface area contributed by atoms with Gasteiger partial charge in [-0.05, 0) is 61.7 Å². The van der Waals surface area contributed by atoms with Crippen molar-refractivity contribution in [1.29, 1.82) is 0 Å². The van der Waals surface area contributed by atoms with Crippen molar-refractivity contribution >= 4 is 22.5 Å². The number of carbonyl (C=O) groups is 1. The van der Waals surface area contributed by atoms with Gasteiger partial charge in [-0.15, -0.1) is 5.10 Å². The number of hydrogen-bond donors (Lipinski definition) is 1. The summed E-state index contributed by atoms with van der Waals surface area (Å²) in [5, 5.41) is 12.5. The lowest BCUT2D eigenvalue weighted by molar-refractivity contribution is -0.116. The summed E-state index contributed by atoms with van der Waals surface area (Å²) in [4.78, 5) is 15.0. The first kappa shape index (κ1) is 21.4. The number of anilines is 1. The van der Waals surface area contributed by atoms with E-state index in [1.807, 2.05) is 24.4 Å². The molecule has 0 unspecified atom stereocenters. The quantitative estimate of drug-likeness (QED) is 0.467. The summed E-state index contributed by atoms with van der Waals surface area (Å²) in [5.41, 5.74) is 4.10. The molecule has 2 aromatic heterocycles. The molecule has 0 spiro atoms. The topological polar surface area (TPSA) is 68.0 Å². The van der Waals surface area contributed by atoms with E-state index < -0.39 is 0 Å². The number of amides is 1. The third kappa shape index (κ3) is 5.31. The van der Waals surface area contributed by atoms with Crippen LogP contribution in [0.25, 0.3) is 10.9 Å². The molecule has 1 N–H and O–H groups in total. The molecule has 7 nitrogen and oxygen atoms in total. The van der Waals surface area contributed by atoms with E-state index in [4.69, 9.17) is 0 Å². The Balaban J connectivity index is 1.18. The normalized spacial score (nSPS) is 15.2. The Labute approximate surface area is 194 Å². The van der Waals surface area contributed by atoms with E-state index in [9.17, 15) is 4.79 Å². The Morgan fingerprint density at radius 3 is 2.70 bits per heavy atom. The first-order chi connectivity index (χ1) is 16.1. The predicted molar refractivity (Wildman–Crippen MR) is 130 cm³/mol. The number of carbonyl (C=O) groups excluding carboxylic acids is 1. The summed E-state index contributed by atoms with van der Waals surface area (Å²) in [6, 6.07) is 18.5. The molecule has 0 atom stereocenters. The summed E-state index contributed by atoms with van der Waals surface area (Å²) in [6.45, 7) is 6.28. The lowest BCUT2D eigenvalue weighted by Gasteiger charge is -2.29. The van der Waals surface area contributed by atoms with E-state index in [2.05, 4.69) is 74.6 Å². The molecule has 4 aromatic rings. The van der Waals surface area contributed by atoms with Crippen molar-refractivity contribution in [1.82, 2.24) is 24.5 Å². The highest BCUT2D eigenvalue weighted by Crippen LogP contribution is 2.22. The molecule has 3 heterocycles. The molecular weight excluding hydrogens is 412 g/mol. The second kappa shape index (κ2) is 9.58. The van der Waals surface area contributed by atoms with Gasteiger partial charge in [0.2, 0.25) is 5.91 Å². The van der Waals surface area contributed by atoms with Gasteiger partial charge in [-0.3, -0.25) is 9.69 Å². The Hall–Kier alpha value is -3.45. The zero-order valence-corrected chi connectivity index (χ0v) is 19.0. The number of benzene rings is 2. The highest BCUT2D eigenvalue weighted by molar-refractivity contribution is 5.93. The second-order valence-corrected chi connectivity index (χ2v) is 9.12. The molecule has 0 saturated carbocycles. The van der Waals surface area contributed by atoms with Crippen LogP contribution < -0.4 is 5.32 Å². The average Bonchev–Trinajstić information content (AvgIpc) is 3.42. The molecule has 0 aliphatic carbocycles. The van der Waals surface area contributed by atoms with Gasteiger partial charge in [0.1, 0.15) is 6.54 Å². The molecule has 7 heteroatoms. The maximum Gasteiger partial charge on any atom is 0.246 e. The summed E-state index contributed by atoms with van der Waals surface area (Å²) >= 11 is 0. The van der Waals surface area contributed by atoms with E-state index in [0.717, 1.165) is 54.4 Å². The molecule has 170 valence electrons. The van der Waals surface area contributed by atoms with Crippen LogP contribution in [0.3, 0.4) is 0 Å². The van der Waals surface area contributed by atoms with Crippen molar-refractivity contribution in [2.75, 3.05) is 18.4 Å². The van der Waals surface area contributed by atoms with Crippen LogP contribution in [0.1, 0.15) is 31.0 Å². The molecule has 5 rings (SSSR count). The molecule has 33 heavy (non-hydrogen) atoms. The largest absolute Gasteiger partial charge is 0.343 e. The highest BCUT2D eigenvalue weighted by Gasteiger charge is 2.17. The van der Waals surface area contributed by atoms with E-state index >= 15 is 0 Å². The highest BCUT2D eigenvalue weighted by atomic mass is 16.2. The van der Waals surface area contributed by atoms with Crippen LogP contribution in [0, 0.1) is 5.92 Å². The lowest BCUT2D eigenvalue weighted by atomic mass is 9.99. The lowest BCUT2D eigenvalue weighted by Crippen LogP contribution is -2.32. The number of aromatic nitrogens is 4. The Bertz CT molecular complexity index is 1220. The van der Waals surface area contributed by atoms with Gasteiger partial charge in [-0.1, -0.05) is 42.5 Å². The molecule has 1 saturated heterocycles. The predicted octanol–water partition coefficient (Wildman–Crippen LogP) is 4.15. The van der Waals surface area contributed by atoms with Gasteiger partial charge in [0, 0.05) is 35.9 Å². The molecule has 1 aliphatic heterocycles. The third-order valence-corrected chi connectivity index (χ3v) is 6.40. The average molecular weight is 443 g/mol. The molecule has 0 radical (unpaired) electrons. The van der Waals surface area contributed by atoms with Gasteiger partial charge in [0.25, 0.3) is 0 Å². The van der Waals surface area contributed by atoms with Gasteiger partial charge in [-0.2, -0.15) is 0 Å². The van der Waals surface area contributed by atoms with Crippen LogP contribution in [0.15, 0.2) is 67.0 Å². The monoisotopic (exact) mass is 442 g/mol. The Morgan fingerprint density at radius 1 is 1.06 bits per heavy atom. The number of nitrogens with one attached hydrogen (secondary N) is 1. The fraction of sp³-hybridized carbons (Fsp3) is 0.346. The minimum Gasteiger partial charge on any atom is -0.343 e. The summed E-state index contributed by atoms with van der Waals surface area (Å²) in [5.74, 6) is 0.698. The third-order valence-electron chi connectivity index (χ3n) is 6.40. The van der Waals surface area contributed by atoms with Crippen molar-refractivity contribution in [2.45, 2.75) is 39.4 Å². The van der Waals surface area contributed by atoms with Crippen molar-refractivity contribution in [3.05, 3.63) is 78.2 Å². The van der Waals surface area contributed by atoms with Crippen molar-refractivity contribution in [2.24, 2.45) is 5.92 Å². The van der Waals surface area contributed by atoms with Crippen LogP contribution in [-0.2, 0) is 24.4 Å². The summed E-state index contributed by atoms with van der Waals surface area (Å²) in [6.07, 6.45) is 6.43. The van der Waals surface area contributed by atoms with Crippen LogP contribution >= 0.6 is 0 Å². The maximum atomic E-state index is 12.6. The van der Waals surface area contributed by atoms with Gasteiger partial charge < -0.3 is 9.88 Å². The van der Waals surface area contributed by atoms with E-state index in [1.54, 1.807) is 4.68 Å². The van der Waals surface area contributed by atoms with E-state index in [0.29, 0.717) is 0 Å². The summed E-state index contributed by atoms with van der Waals surface area (Å²) in [7, 11) is 0. The van der Waals surface area contributed by atoms with Gasteiger partial charge >= 0.3 is 0 Å². The van der Waals surface area contributed by atoms with Crippen LogP contribution in [0.4, 0.5) is 5.69 Å². The first-order valence-electron chi connectivity index (χ1n) is 11.7. The van der Waals surface area contributed by atoms with Crippen molar-refractivity contribution in [3.8, 4) is 0 Å². The van der Waals surface area contributed by atoms with Gasteiger partial charge in [0.05, 0.1) is 11.9 Å². The minimum atomic E-state index is -0.110. The fourth-order valence-corrected chi connectivity index (χ4v) is 4.48. The first-order valence-corrected chi connectivity index (χ1v) is 11.7. The van der Waals surface area contributed by atoms with Gasteiger partial charge in [0.15, 0.2) is 0 Å². The zero-order valence-electron chi connectivity index (χ0n) is 19.0. The van der Waals surface area contributed by atoms with E-state index in [-0.39, 0.29) is 12.5 Å². The number of fused-ring (bicyclic) bond motifs is 1. The number of nitrogens with zero attached hydrogens (tertiary/aromatic N) is 5. The SMILES string of the molecule is CC1CCN(Cc2cn(CC(=O)Nc3ccc4c(ccn4Cc4ccccc4)c3)nn2)CC1. The molecular formula is C26H30N6O. The second-order valence-electron chi connectivity index (χ2n) is 9.12.